The maximum atomic E-state index is 12.7. The van der Waals surface area contributed by atoms with Gasteiger partial charge in [-0.3, -0.25) is 14.6 Å². The average molecular weight is 544 g/mol. The lowest BCUT2D eigenvalue weighted by atomic mass is 9.69. The van der Waals surface area contributed by atoms with Gasteiger partial charge >= 0.3 is 0 Å². The summed E-state index contributed by atoms with van der Waals surface area (Å²) in [6, 6.07) is 8.60. The van der Waals surface area contributed by atoms with E-state index in [0.717, 1.165) is 18.5 Å². The van der Waals surface area contributed by atoms with E-state index in [2.05, 4.69) is 20.6 Å². The number of amides is 1. The van der Waals surface area contributed by atoms with E-state index in [1.807, 2.05) is 12.1 Å². The summed E-state index contributed by atoms with van der Waals surface area (Å²) in [5.74, 6) is 1.34. The minimum atomic E-state index is -0.855. The first kappa shape index (κ1) is 26.4. The Kier molecular flexibility index (Phi) is 7.03. The molecule has 3 aromatic heterocycles. The molecule has 1 amide bonds. The molecular weight excluding hydrogens is 514 g/mol. The largest absolute Gasteiger partial charge is 0.495 e. The van der Waals surface area contributed by atoms with Crippen LogP contribution in [0.2, 0.25) is 0 Å². The van der Waals surface area contributed by atoms with Crippen LogP contribution in [0.15, 0.2) is 41.3 Å². The van der Waals surface area contributed by atoms with Crippen LogP contribution in [0.3, 0.4) is 0 Å². The van der Waals surface area contributed by atoms with Crippen molar-refractivity contribution in [3.8, 4) is 11.5 Å². The van der Waals surface area contributed by atoms with Gasteiger partial charge in [0.25, 0.3) is 11.5 Å². The number of ether oxygens (including phenoxy) is 3. The molecule has 12 heteroatoms. The average Bonchev–Trinajstić information content (AvgIpc) is 2.94. The highest BCUT2D eigenvalue weighted by Gasteiger charge is 2.53. The molecule has 0 radical (unpaired) electrons. The molecule has 6 heterocycles. The third-order valence-corrected chi connectivity index (χ3v) is 7.88. The zero-order valence-corrected chi connectivity index (χ0v) is 21.8. The third kappa shape index (κ3) is 4.71. The fourth-order valence-electron chi connectivity index (χ4n) is 5.55. The number of hydrogen-bond donors (Lipinski definition) is 3. The molecule has 11 nitrogen and oxygen atoms in total. The van der Waals surface area contributed by atoms with Crippen molar-refractivity contribution in [1.82, 2.24) is 19.9 Å². The smallest absolute Gasteiger partial charge is 0.263 e. The molecule has 3 fully saturated rings. The van der Waals surface area contributed by atoms with Crippen LogP contribution in [0, 0.1) is 0 Å². The first-order chi connectivity index (χ1) is 17.9. The van der Waals surface area contributed by atoms with Crippen molar-refractivity contribution in [2.24, 2.45) is 0 Å². The summed E-state index contributed by atoms with van der Waals surface area (Å²) < 4.78 is 18.5. The van der Waals surface area contributed by atoms with Gasteiger partial charge in [0.1, 0.15) is 11.9 Å². The Morgan fingerprint density at radius 2 is 2.03 bits per heavy atom. The summed E-state index contributed by atoms with van der Waals surface area (Å²) in [4.78, 5) is 33.2. The van der Waals surface area contributed by atoms with Crippen LogP contribution in [-0.4, -0.2) is 63.1 Å². The molecule has 3 aliphatic heterocycles. The summed E-state index contributed by atoms with van der Waals surface area (Å²) >= 11 is 0. The van der Waals surface area contributed by atoms with Crippen molar-refractivity contribution in [2.45, 2.75) is 56.0 Å². The number of nitrogens with one attached hydrogen (secondary N) is 2. The lowest BCUT2D eigenvalue weighted by molar-refractivity contribution is -0.211. The number of anilines is 1. The lowest BCUT2D eigenvalue weighted by Crippen LogP contribution is -2.65. The minimum absolute atomic E-state index is 0. The van der Waals surface area contributed by atoms with E-state index < -0.39 is 11.7 Å². The van der Waals surface area contributed by atoms with Crippen LogP contribution in [0.25, 0.3) is 11.0 Å². The highest BCUT2D eigenvalue weighted by atomic mass is 35.5. The summed E-state index contributed by atoms with van der Waals surface area (Å²) in [5, 5.41) is 17.7. The van der Waals surface area contributed by atoms with Crippen molar-refractivity contribution in [1.29, 1.82) is 0 Å². The van der Waals surface area contributed by atoms with Gasteiger partial charge in [-0.15, -0.1) is 12.4 Å². The predicted molar refractivity (Wildman–Crippen MR) is 141 cm³/mol. The number of methoxy groups -OCH3 is 1. The number of aliphatic hydroxyl groups excluding tert-OH is 1. The Labute approximate surface area is 224 Å². The standard InChI is InChI=1S/C26H29N5O6.ClH/c1-35-17-10-19-18(27-12-17)3-5-23(34)31(19)13-21(32)26-8-6-25(7-9-26,15-37-26)28-11-16-2-4-20-24(29-16)30-22(33)14-36-20;/h2-5,10,12,21,28,32H,6-9,11,13-15H2,1H3,(H,29,30,33);1H. The van der Waals surface area contributed by atoms with Gasteiger partial charge in [0.2, 0.25) is 0 Å². The van der Waals surface area contributed by atoms with Gasteiger partial charge in [0.05, 0.1) is 48.8 Å². The maximum Gasteiger partial charge on any atom is 0.263 e. The topological polar surface area (TPSA) is 137 Å². The monoisotopic (exact) mass is 543 g/mol. The quantitative estimate of drug-likeness (QED) is 0.407. The SMILES string of the molecule is COc1cnc2ccc(=O)n(CC(O)C34CCC(NCc5ccc6c(n5)NC(=O)CO6)(CC3)CO4)c2c1.Cl. The third-order valence-electron chi connectivity index (χ3n) is 7.88. The highest BCUT2D eigenvalue weighted by Crippen LogP contribution is 2.46. The number of nitrogens with zero attached hydrogens (tertiary/aromatic N) is 3. The van der Waals surface area contributed by atoms with E-state index >= 15 is 0 Å². The predicted octanol–water partition coefficient (Wildman–Crippen LogP) is 1.79. The maximum absolute atomic E-state index is 12.7. The first-order valence-corrected chi connectivity index (χ1v) is 12.4. The molecule has 1 aliphatic carbocycles. The Morgan fingerprint density at radius 1 is 1.21 bits per heavy atom. The first-order valence-electron chi connectivity index (χ1n) is 12.4. The fourth-order valence-corrected chi connectivity index (χ4v) is 5.55. The summed E-state index contributed by atoms with van der Waals surface area (Å²) in [5.41, 5.74) is 0.933. The zero-order valence-electron chi connectivity index (χ0n) is 20.9. The van der Waals surface area contributed by atoms with E-state index in [9.17, 15) is 14.7 Å². The second kappa shape index (κ2) is 10.1. The van der Waals surface area contributed by atoms with Gasteiger partial charge in [-0.25, -0.2) is 4.98 Å². The number of pyridine rings is 3. The number of carbonyl (C=O) groups excluding carboxylic acids is 1. The van der Waals surface area contributed by atoms with E-state index in [0.29, 0.717) is 54.3 Å². The van der Waals surface area contributed by atoms with Crippen LogP contribution < -0.4 is 25.7 Å². The number of aromatic nitrogens is 3. The molecule has 2 saturated heterocycles. The van der Waals surface area contributed by atoms with Crippen molar-refractivity contribution < 1.29 is 24.1 Å². The van der Waals surface area contributed by atoms with Crippen molar-refractivity contribution in [3.05, 3.63) is 52.6 Å². The molecule has 1 saturated carbocycles. The van der Waals surface area contributed by atoms with Gasteiger partial charge in [-0.2, -0.15) is 0 Å². The fraction of sp³-hybridized carbons (Fsp3) is 0.462. The molecule has 3 N–H and O–H groups in total. The number of carbonyl (C=O) groups is 1. The van der Waals surface area contributed by atoms with Gasteiger partial charge < -0.3 is 34.5 Å². The molecule has 4 aliphatic rings. The Hall–Kier alpha value is -3.25. The molecule has 0 aromatic carbocycles. The van der Waals surface area contributed by atoms with Gasteiger partial charge in [0, 0.05) is 24.2 Å². The van der Waals surface area contributed by atoms with Crippen molar-refractivity contribution >= 4 is 35.2 Å². The van der Waals surface area contributed by atoms with Crippen molar-refractivity contribution in [2.75, 3.05) is 25.6 Å². The van der Waals surface area contributed by atoms with Crippen LogP contribution in [0.4, 0.5) is 5.82 Å². The Bertz CT molecular complexity index is 1400. The molecule has 0 spiro atoms. The number of fused-ring (bicyclic) bond motifs is 5. The molecule has 1 atom stereocenters. The van der Waals surface area contributed by atoms with Gasteiger partial charge in [-0.05, 0) is 43.9 Å². The Balaban J connectivity index is 0.00000294. The minimum Gasteiger partial charge on any atom is -0.495 e. The molecular formula is C26H30ClN5O6. The van der Waals surface area contributed by atoms with Crippen LogP contribution in [0.1, 0.15) is 31.4 Å². The molecule has 1 unspecified atom stereocenters. The molecule has 2 bridgehead atoms. The molecule has 7 rings (SSSR count). The van der Waals surface area contributed by atoms with E-state index in [1.54, 1.807) is 30.0 Å². The summed E-state index contributed by atoms with van der Waals surface area (Å²) in [7, 11) is 1.55. The number of aliphatic hydroxyl groups is 1. The van der Waals surface area contributed by atoms with Gasteiger partial charge in [0.15, 0.2) is 18.2 Å². The van der Waals surface area contributed by atoms with Crippen LogP contribution >= 0.6 is 12.4 Å². The Morgan fingerprint density at radius 3 is 2.76 bits per heavy atom. The molecule has 3 aromatic rings. The lowest BCUT2D eigenvalue weighted by Gasteiger charge is -2.55. The van der Waals surface area contributed by atoms with E-state index in [1.165, 1.54) is 6.07 Å². The second-order valence-corrected chi connectivity index (χ2v) is 10.1. The number of rotatable bonds is 7. The normalized spacial score (nSPS) is 24.6. The van der Waals surface area contributed by atoms with Gasteiger partial charge in [-0.1, -0.05) is 0 Å². The van der Waals surface area contributed by atoms with E-state index in [4.69, 9.17) is 14.2 Å². The van der Waals surface area contributed by atoms with Crippen LogP contribution in [-0.2, 0) is 22.6 Å². The highest BCUT2D eigenvalue weighted by molar-refractivity contribution is 5.94. The second-order valence-electron chi connectivity index (χ2n) is 10.1. The summed E-state index contributed by atoms with van der Waals surface area (Å²) in [6.07, 6.45) is 3.75. The van der Waals surface area contributed by atoms with Crippen molar-refractivity contribution in [3.63, 3.8) is 0 Å². The summed E-state index contributed by atoms with van der Waals surface area (Å²) in [6.45, 7) is 1.08. The molecule has 202 valence electrons. The number of halogens is 1. The van der Waals surface area contributed by atoms with Crippen LogP contribution in [0.5, 0.6) is 11.5 Å². The number of hydrogen-bond acceptors (Lipinski definition) is 9. The molecule has 38 heavy (non-hydrogen) atoms. The van der Waals surface area contributed by atoms with E-state index in [-0.39, 0.29) is 42.6 Å². The zero-order chi connectivity index (χ0) is 25.6.